The third-order valence-electron chi connectivity index (χ3n) is 2.22. The van der Waals surface area contributed by atoms with Crippen LogP contribution in [0.15, 0.2) is 0 Å². The summed E-state index contributed by atoms with van der Waals surface area (Å²) in [4.78, 5) is 10.0. The molecule has 4 heteroatoms. The Morgan fingerprint density at radius 3 is 3.18 bits per heavy atom. The highest BCUT2D eigenvalue weighted by molar-refractivity contribution is 5.37. The Morgan fingerprint density at radius 2 is 2.36 bits per heavy atom. The van der Waals surface area contributed by atoms with Crippen LogP contribution in [0.25, 0.3) is 0 Å². The van der Waals surface area contributed by atoms with Crippen molar-refractivity contribution in [2.24, 2.45) is 5.92 Å². The Kier molecular flexibility index (Phi) is 1.79. The van der Waals surface area contributed by atoms with E-state index in [1.165, 1.54) is 0 Å². The molecule has 2 saturated heterocycles. The monoisotopic (exact) mass is 158 g/mol. The van der Waals surface area contributed by atoms with Crippen LogP contribution in [0.1, 0.15) is 6.42 Å². The van der Waals surface area contributed by atoms with E-state index < -0.39 is 0 Å². The molecule has 3 atom stereocenters. The van der Waals surface area contributed by atoms with Gasteiger partial charge in [0.2, 0.25) is 0 Å². The topological polar surface area (TPSA) is 44.8 Å². The van der Waals surface area contributed by atoms with Crippen LogP contribution >= 0.6 is 0 Å². The van der Waals surface area contributed by atoms with E-state index in [4.69, 9.17) is 14.2 Å². The molecule has 0 bridgehead atoms. The zero-order valence-electron chi connectivity index (χ0n) is 6.06. The summed E-state index contributed by atoms with van der Waals surface area (Å²) in [6.45, 7) is 1.68. The summed E-state index contributed by atoms with van der Waals surface area (Å²) in [6, 6.07) is 0. The lowest BCUT2D eigenvalue weighted by Gasteiger charge is -2.11. The van der Waals surface area contributed by atoms with Crippen LogP contribution in [0.2, 0.25) is 0 Å². The summed E-state index contributed by atoms with van der Waals surface area (Å²) in [5, 5.41) is 0. The number of carbonyl (C=O) groups is 1. The minimum absolute atomic E-state index is 0.0833. The zero-order valence-corrected chi connectivity index (χ0v) is 6.06. The first kappa shape index (κ1) is 7.06. The molecule has 3 unspecified atom stereocenters. The van der Waals surface area contributed by atoms with Gasteiger partial charge in [-0.05, 0) is 6.42 Å². The first-order valence-corrected chi connectivity index (χ1v) is 3.74. The molecule has 2 heterocycles. The van der Waals surface area contributed by atoms with Crippen molar-refractivity contribution in [3.8, 4) is 0 Å². The molecule has 2 fully saturated rings. The van der Waals surface area contributed by atoms with Crippen LogP contribution in [0.4, 0.5) is 0 Å². The minimum Gasteiger partial charge on any atom is -0.462 e. The predicted molar refractivity (Wildman–Crippen MR) is 34.7 cm³/mol. The van der Waals surface area contributed by atoms with Crippen molar-refractivity contribution in [3.63, 3.8) is 0 Å². The van der Waals surface area contributed by atoms with Gasteiger partial charge in [0.25, 0.3) is 6.47 Å². The van der Waals surface area contributed by atoms with Crippen LogP contribution in [0.5, 0.6) is 0 Å². The number of ether oxygens (including phenoxy) is 3. The molecular formula is C7H10O4. The van der Waals surface area contributed by atoms with Gasteiger partial charge in [0.05, 0.1) is 19.1 Å². The van der Waals surface area contributed by atoms with Gasteiger partial charge in [-0.3, -0.25) is 4.79 Å². The van der Waals surface area contributed by atoms with Crippen molar-refractivity contribution in [1.29, 1.82) is 0 Å². The molecule has 0 aliphatic carbocycles. The Hall–Kier alpha value is -0.610. The third-order valence-corrected chi connectivity index (χ3v) is 2.22. The first-order valence-electron chi connectivity index (χ1n) is 3.74. The van der Waals surface area contributed by atoms with Gasteiger partial charge in [0, 0.05) is 0 Å². The maximum atomic E-state index is 10.0. The highest BCUT2D eigenvalue weighted by Crippen LogP contribution is 2.32. The van der Waals surface area contributed by atoms with Gasteiger partial charge in [-0.15, -0.1) is 0 Å². The van der Waals surface area contributed by atoms with E-state index in [9.17, 15) is 4.79 Å². The molecule has 2 rings (SSSR count). The van der Waals surface area contributed by atoms with Gasteiger partial charge in [0.1, 0.15) is 6.10 Å². The second-order valence-corrected chi connectivity index (χ2v) is 2.80. The van der Waals surface area contributed by atoms with Crippen LogP contribution in [-0.4, -0.2) is 32.1 Å². The fourth-order valence-corrected chi connectivity index (χ4v) is 1.64. The van der Waals surface area contributed by atoms with E-state index in [1.54, 1.807) is 0 Å². The number of fused-ring (bicyclic) bond motifs is 1. The smallest absolute Gasteiger partial charge is 0.293 e. The van der Waals surface area contributed by atoms with Crippen LogP contribution in [0.3, 0.4) is 0 Å². The standard InChI is InChI=1S/C7H10O4/c8-4-11-6-3-10-7-5(6)1-2-9-7/h4-7H,1-3H2. The molecule has 62 valence electrons. The quantitative estimate of drug-likeness (QED) is 0.527. The molecule has 0 amide bonds. The van der Waals surface area contributed by atoms with Crippen LogP contribution < -0.4 is 0 Å². The molecule has 0 radical (unpaired) electrons. The van der Waals surface area contributed by atoms with Crippen LogP contribution in [-0.2, 0) is 19.0 Å². The predicted octanol–water partition coefficient (Wildman–Crippen LogP) is -0.0792. The average Bonchev–Trinajstić information content (AvgIpc) is 2.53. The molecule has 0 spiro atoms. The summed E-state index contributed by atoms with van der Waals surface area (Å²) < 4.78 is 15.3. The summed E-state index contributed by atoms with van der Waals surface area (Å²) in [7, 11) is 0. The normalized spacial score (nSPS) is 42.0. The highest BCUT2D eigenvalue weighted by Gasteiger charge is 2.42. The van der Waals surface area contributed by atoms with E-state index in [0.29, 0.717) is 19.7 Å². The fraction of sp³-hybridized carbons (Fsp3) is 0.857. The average molecular weight is 158 g/mol. The lowest BCUT2D eigenvalue weighted by molar-refractivity contribution is -0.135. The van der Waals surface area contributed by atoms with Gasteiger partial charge < -0.3 is 14.2 Å². The SMILES string of the molecule is O=COC1COC2OCCC12. The maximum absolute atomic E-state index is 10.0. The number of hydrogen-bond acceptors (Lipinski definition) is 4. The van der Waals surface area contributed by atoms with E-state index in [-0.39, 0.29) is 18.3 Å². The molecule has 0 aromatic heterocycles. The molecule has 4 nitrogen and oxygen atoms in total. The zero-order chi connectivity index (χ0) is 7.68. The summed E-state index contributed by atoms with van der Waals surface area (Å²) >= 11 is 0. The van der Waals surface area contributed by atoms with Gasteiger partial charge >= 0.3 is 0 Å². The lowest BCUT2D eigenvalue weighted by atomic mass is 10.0. The summed E-state index contributed by atoms with van der Waals surface area (Å²) in [6.07, 6.45) is 0.725. The van der Waals surface area contributed by atoms with E-state index in [0.717, 1.165) is 6.42 Å². The summed E-state index contributed by atoms with van der Waals surface area (Å²) in [5.41, 5.74) is 0. The van der Waals surface area contributed by atoms with Gasteiger partial charge in [0.15, 0.2) is 6.29 Å². The van der Waals surface area contributed by atoms with Gasteiger partial charge in [-0.25, -0.2) is 0 Å². The molecule has 2 aliphatic heterocycles. The largest absolute Gasteiger partial charge is 0.462 e. The van der Waals surface area contributed by atoms with E-state index in [2.05, 4.69) is 0 Å². The Morgan fingerprint density at radius 1 is 1.45 bits per heavy atom. The highest BCUT2D eigenvalue weighted by atomic mass is 16.7. The van der Waals surface area contributed by atoms with Crippen molar-refractivity contribution in [3.05, 3.63) is 0 Å². The molecule has 2 aliphatic rings. The van der Waals surface area contributed by atoms with Gasteiger partial charge in [-0.2, -0.15) is 0 Å². The molecule has 11 heavy (non-hydrogen) atoms. The molecule has 0 aromatic carbocycles. The molecule has 0 aromatic rings. The first-order chi connectivity index (χ1) is 5.42. The van der Waals surface area contributed by atoms with E-state index >= 15 is 0 Å². The second-order valence-electron chi connectivity index (χ2n) is 2.80. The minimum atomic E-state index is -0.125. The maximum Gasteiger partial charge on any atom is 0.293 e. The second kappa shape index (κ2) is 2.79. The Labute approximate surface area is 64.4 Å². The Bertz CT molecular complexity index is 159. The van der Waals surface area contributed by atoms with Crippen LogP contribution in [0, 0.1) is 5.92 Å². The van der Waals surface area contributed by atoms with Crippen molar-refractivity contribution in [2.75, 3.05) is 13.2 Å². The van der Waals surface area contributed by atoms with Crippen molar-refractivity contribution in [2.45, 2.75) is 18.8 Å². The molecule has 0 saturated carbocycles. The number of carbonyl (C=O) groups excluding carboxylic acids is 1. The number of hydrogen-bond donors (Lipinski definition) is 0. The van der Waals surface area contributed by atoms with Crippen molar-refractivity contribution >= 4 is 6.47 Å². The molecule has 0 N–H and O–H groups in total. The Balaban J connectivity index is 1.97. The molecular weight excluding hydrogens is 148 g/mol. The van der Waals surface area contributed by atoms with Crippen molar-refractivity contribution in [1.82, 2.24) is 0 Å². The van der Waals surface area contributed by atoms with Crippen molar-refractivity contribution < 1.29 is 19.0 Å². The number of rotatable bonds is 2. The van der Waals surface area contributed by atoms with Gasteiger partial charge in [-0.1, -0.05) is 0 Å². The summed E-state index contributed by atoms with van der Waals surface area (Å²) in [5.74, 6) is 0.264. The van der Waals surface area contributed by atoms with E-state index in [1.807, 2.05) is 0 Å². The third kappa shape index (κ3) is 1.12. The fourth-order valence-electron chi connectivity index (χ4n) is 1.64. The lowest BCUT2D eigenvalue weighted by Crippen LogP contribution is -2.22.